The van der Waals surface area contributed by atoms with Gasteiger partial charge in [-0.25, -0.2) is 0 Å². The van der Waals surface area contributed by atoms with Crippen molar-refractivity contribution in [3.8, 4) is 0 Å². The molecule has 1 aromatic rings. The lowest BCUT2D eigenvalue weighted by Crippen LogP contribution is -2.50. The Bertz CT molecular complexity index is 404. The van der Waals surface area contributed by atoms with Crippen LogP contribution in [0.1, 0.15) is 19.0 Å². The molecule has 0 aromatic carbocycles. The van der Waals surface area contributed by atoms with Gasteiger partial charge in [-0.05, 0) is 18.6 Å². The summed E-state index contributed by atoms with van der Waals surface area (Å²) in [4.78, 5) is 20.7. The molecule has 1 saturated heterocycles. The van der Waals surface area contributed by atoms with Crippen LogP contribution < -0.4 is 0 Å². The first kappa shape index (κ1) is 14.5. The van der Waals surface area contributed by atoms with Gasteiger partial charge >= 0.3 is 0 Å². The molecule has 1 unspecified atom stereocenters. The Morgan fingerprint density at radius 3 is 2.68 bits per heavy atom. The molecule has 4 nitrogen and oxygen atoms in total. The molecule has 0 aliphatic carbocycles. The number of carbonyl (C=O) groups is 1. The number of amides is 1. The third-order valence-electron chi connectivity index (χ3n) is 3.42. The molecule has 104 valence electrons. The second-order valence-electron chi connectivity index (χ2n) is 4.80. The molecule has 1 aliphatic rings. The molecule has 0 radical (unpaired) electrons. The number of hydrogen-bond donors (Lipinski definition) is 0. The van der Waals surface area contributed by atoms with E-state index in [1.165, 1.54) is 0 Å². The van der Waals surface area contributed by atoms with Gasteiger partial charge in [-0.2, -0.15) is 0 Å². The first-order valence-corrected chi connectivity index (χ1v) is 7.67. The average Bonchev–Trinajstić information content (AvgIpc) is 2.47. The number of nitrogens with zero attached hydrogens (tertiary/aromatic N) is 3. The van der Waals surface area contributed by atoms with Gasteiger partial charge in [0.25, 0.3) is 0 Å². The summed E-state index contributed by atoms with van der Waals surface area (Å²) in [7, 11) is 0. The van der Waals surface area contributed by atoms with Gasteiger partial charge in [-0.1, -0.05) is 28.9 Å². The smallest absolute Gasteiger partial charge is 0.236 e. The molecule has 2 rings (SSSR count). The number of aromatic nitrogens is 1. The summed E-state index contributed by atoms with van der Waals surface area (Å²) in [6, 6.07) is 5.99. The van der Waals surface area contributed by atoms with Crippen LogP contribution in [0.25, 0.3) is 0 Å². The van der Waals surface area contributed by atoms with Crippen molar-refractivity contribution in [2.75, 3.05) is 26.2 Å². The maximum atomic E-state index is 12.0. The Balaban J connectivity index is 1.81. The first-order valence-electron chi connectivity index (χ1n) is 6.76. The van der Waals surface area contributed by atoms with E-state index in [0.29, 0.717) is 0 Å². The Labute approximate surface area is 122 Å². The number of alkyl halides is 1. The third kappa shape index (κ3) is 4.01. The average molecular weight is 326 g/mol. The van der Waals surface area contributed by atoms with Crippen LogP contribution in [0, 0.1) is 0 Å². The minimum absolute atomic E-state index is 0.0326. The van der Waals surface area contributed by atoms with Gasteiger partial charge in [-0.15, -0.1) is 0 Å². The van der Waals surface area contributed by atoms with Crippen molar-refractivity contribution in [1.29, 1.82) is 0 Å². The number of carbonyl (C=O) groups excluding carboxylic acids is 1. The van der Waals surface area contributed by atoms with Gasteiger partial charge in [0.1, 0.15) is 0 Å². The van der Waals surface area contributed by atoms with E-state index in [0.717, 1.165) is 44.8 Å². The normalized spacial score (nSPS) is 18.3. The molecule has 0 bridgehead atoms. The second-order valence-corrected chi connectivity index (χ2v) is 5.90. The fraction of sp³-hybridized carbons (Fsp3) is 0.571. The predicted octanol–water partition coefficient (Wildman–Crippen LogP) is 1.90. The van der Waals surface area contributed by atoms with Crippen molar-refractivity contribution in [2.45, 2.75) is 24.7 Å². The lowest BCUT2D eigenvalue weighted by Gasteiger charge is -2.35. The molecule has 5 heteroatoms. The van der Waals surface area contributed by atoms with Gasteiger partial charge < -0.3 is 4.90 Å². The lowest BCUT2D eigenvalue weighted by molar-refractivity contribution is -0.132. The van der Waals surface area contributed by atoms with Crippen molar-refractivity contribution in [1.82, 2.24) is 14.8 Å². The minimum atomic E-state index is -0.0326. The fourth-order valence-corrected chi connectivity index (χ4v) is 2.51. The van der Waals surface area contributed by atoms with E-state index < -0.39 is 0 Å². The lowest BCUT2D eigenvalue weighted by atomic mass is 10.2. The van der Waals surface area contributed by atoms with Crippen molar-refractivity contribution in [3.63, 3.8) is 0 Å². The number of rotatable bonds is 4. The summed E-state index contributed by atoms with van der Waals surface area (Å²) in [5.41, 5.74) is 1.09. The minimum Gasteiger partial charge on any atom is -0.339 e. The molecule has 1 atom stereocenters. The van der Waals surface area contributed by atoms with E-state index in [2.05, 4.69) is 25.8 Å². The molecule has 1 aliphatic heterocycles. The molecular weight excluding hydrogens is 306 g/mol. The van der Waals surface area contributed by atoms with Gasteiger partial charge in [-0.3, -0.25) is 14.7 Å². The van der Waals surface area contributed by atoms with Crippen LogP contribution in [0.2, 0.25) is 0 Å². The van der Waals surface area contributed by atoms with E-state index in [4.69, 9.17) is 0 Å². The first-order chi connectivity index (χ1) is 9.20. The molecule has 19 heavy (non-hydrogen) atoms. The molecular formula is C14H20BrN3O. The zero-order valence-corrected chi connectivity index (χ0v) is 12.8. The third-order valence-corrected chi connectivity index (χ3v) is 4.46. The maximum absolute atomic E-state index is 12.0. The monoisotopic (exact) mass is 325 g/mol. The molecule has 0 saturated carbocycles. The van der Waals surface area contributed by atoms with E-state index in [9.17, 15) is 4.79 Å². The van der Waals surface area contributed by atoms with Crippen molar-refractivity contribution in [2.24, 2.45) is 0 Å². The number of halogens is 1. The van der Waals surface area contributed by atoms with E-state index in [-0.39, 0.29) is 10.7 Å². The highest BCUT2D eigenvalue weighted by atomic mass is 79.9. The second kappa shape index (κ2) is 7.01. The van der Waals surface area contributed by atoms with Crippen LogP contribution in [0.3, 0.4) is 0 Å². The predicted molar refractivity (Wildman–Crippen MR) is 79.1 cm³/mol. The van der Waals surface area contributed by atoms with Crippen LogP contribution in [0.4, 0.5) is 0 Å². The van der Waals surface area contributed by atoms with Crippen LogP contribution in [-0.4, -0.2) is 51.7 Å². The summed E-state index contributed by atoms with van der Waals surface area (Å²) in [6.07, 6.45) is 2.67. The largest absolute Gasteiger partial charge is 0.339 e. The number of pyridine rings is 1. The summed E-state index contributed by atoms with van der Waals surface area (Å²) in [5, 5.41) is 0. The Hall–Kier alpha value is -0.940. The van der Waals surface area contributed by atoms with Crippen molar-refractivity contribution in [3.05, 3.63) is 30.1 Å². The topological polar surface area (TPSA) is 36.4 Å². The zero-order chi connectivity index (χ0) is 13.7. The number of piperazine rings is 1. The van der Waals surface area contributed by atoms with E-state index in [1.807, 2.05) is 36.2 Å². The molecule has 2 heterocycles. The highest BCUT2D eigenvalue weighted by Gasteiger charge is 2.24. The van der Waals surface area contributed by atoms with Gasteiger partial charge in [0, 0.05) is 38.9 Å². The van der Waals surface area contributed by atoms with Crippen LogP contribution in [0.5, 0.6) is 0 Å². The van der Waals surface area contributed by atoms with Gasteiger partial charge in [0.05, 0.1) is 10.5 Å². The Morgan fingerprint density at radius 1 is 1.37 bits per heavy atom. The molecule has 1 aromatic heterocycles. The fourth-order valence-electron chi connectivity index (χ4n) is 2.22. The summed E-state index contributed by atoms with van der Waals surface area (Å²) in [5.74, 6) is 0.222. The summed E-state index contributed by atoms with van der Waals surface area (Å²) >= 11 is 3.43. The Morgan fingerprint density at radius 2 is 2.11 bits per heavy atom. The standard InChI is InChI=1S/C14H20BrN3O/c1-2-13(15)14(19)18-9-7-17(8-10-18)11-12-5-3-4-6-16-12/h3-6,13H,2,7-11H2,1H3. The summed E-state index contributed by atoms with van der Waals surface area (Å²) < 4.78 is 0. The van der Waals surface area contributed by atoms with Crippen LogP contribution in [0.15, 0.2) is 24.4 Å². The van der Waals surface area contributed by atoms with Crippen molar-refractivity contribution < 1.29 is 4.79 Å². The molecule has 0 spiro atoms. The number of hydrogen-bond acceptors (Lipinski definition) is 3. The molecule has 0 N–H and O–H groups in total. The molecule has 1 amide bonds. The van der Waals surface area contributed by atoms with E-state index in [1.54, 1.807) is 0 Å². The Kier molecular flexibility index (Phi) is 5.34. The van der Waals surface area contributed by atoms with Gasteiger partial charge in [0.2, 0.25) is 5.91 Å². The van der Waals surface area contributed by atoms with Crippen LogP contribution >= 0.6 is 15.9 Å². The van der Waals surface area contributed by atoms with E-state index >= 15 is 0 Å². The highest BCUT2D eigenvalue weighted by molar-refractivity contribution is 9.10. The summed E-state index contributed by atoms with van der Waals surface area (Å²) in [6.45, 7) is 6.36. The zero-order valence-electron chi connectivity index (χ0n) is 11.3. The SMILES string of the molecule is CCC(Br)C(=O)N1CCN(Cc2ccccn2)CC1. The highest BCUT2D eigenvalue weighted by Crippen LogP contribution is 2.12. The molecule has 1 fully saturated rings. The van der Waals surface area contributed by atoms with Gasteiger partial charge in [0.15, 0.2) is 0 Å². The van der Waals surface area contributed by atoms with Crippen LogP contribution in [-0.2, 0) is 11.3 Å². The maximum Gasteiger partial charge on any atom is 0.236 e. The van der Waals surface area contributed by atoms with Crippen molar-refractivity contribution >= 4 is 21.8 Å². The quantitative estimate of drug-likeness (QED) is 0.793.